The number of methoxy groups -OCH3 is 1. The van der Waals surface area contributed by atoms with Gasteiger partial charge in [0.05, 0.1) is 27.2 Å². The van der Waals surface area contributed by atoms with Gasteiger partial charge in [0.1, 0.15) is 6.61 Å². The molecule has 180 valence electrons. The molecule has 0 radical (unpaired) electrons. The summed E-state index contributed by atoms with van der Waals surface area (Å²) in [5, 5.41) is 12.6. The van der Waals surface area contributed by atoms with Gasteiger partial charge in [-0.1, -0.05) is 29.8 Å². The summed E-state index contributed by atoms with van der Waals surface area (Å²) < 4.78 is 12.3. The van der Waals surface area contributed by atoms with E-state index in [0.717, 1.165) is 20.9 Å². The number of carbonyl (C=O) groups excluding carboxylic acids is 2. The van der Waals surface area contributed by atoms with Crippen molar-refractivity contribution in [3.63, 3.8) is 0 Å². The predicted molar refractivity (Wildman–Crippen MR) is 148 cm³/mol. The van der Waals surface area contributed by atoms with Crippen molar-refractivity contribution in [1.29, 1.82) is 5.26 Å². The van der Waals surface area contributed by atoms with Crippen molar-refractivity contribution in [3.05, 3.63) is 96.4 Å². The standard InChI is InChI=1S/C26H17ClIN3O4S/c1-34-21-11-15(10-20(28)23(21)35-14-18-5-3-2-4-17(18)13-29)12-22-25(33)31-26(36-22)30-24(32)16-6-8-19(27)9-7-16/h2-12H,14H2,1H3,(H,30,31,32,33)/b22-12-. The van der Waals surface area contributed by atoms with E-state index in [1.165, 1.54) is 7.11 Å². The number of carbonyl (C=O) groups is 2. The molecule has 3 aromatic carbocycles. The second-order valence-corrected chi connectivity index (χ2v) is 10.0. The smallest absolute Gasteiger partial charge is 0.279 e. The van der Waals surface area contributed by atoms with Crippen LogP contribution in [0.5, 0.6) is 11.5 Å². The molecule has 0 unspecified atom stereocenters. The van der Waals surface area contributed by atoms with Crippen LogP contribution < -0.4 is 14.8 Å². The molecule has 0 aromatic heterocycles. The second kappa shape index (κ2) is 11.6. The summed E-state index contributed by atoms with van der Waals surface area (Å²) in [5.74, 6) is 0.183. The number of aliphatic imine (C=N–C) groups is 1. The molecule has 7 nitrogen and oxygen atoms in total. The molecule has 3 aromatic rings. The largest absolute Gasteiger partial charge is 0.493 e. The first-order chi connectivity index (χ1) is 17.4. The third-order valence-electron chi connectivity index (χ3n) is 5.00. The molecular formula is C26H17ClIN3O4S. The molecule has 0 bridgehead atoms. The Hall–Kier alpha value is -3.33. The van der Waals surface area contributed by atoms with Gasteiger partial charge in [0, 0.05) is 16.1 Å². The lowest BCUT2D eigenvalue weighted by Gasteiger charge is -2.14. The van der Waals surface area contributed by atoms with E-state index in [0.29, 0.717) is 38.1 Å². The number of ether oxygens (including phenoxy) is 2. The lowest BCUT2D eigenvalue weighted by Crippen LogP contribution is -2.20. The maximum absolute atomic E-state index is 12.5. The first-order valence-corrected chi connectivity index (χ1v) is 12.7. The van der Waals surface area contributed by atoms with Crippen LogP contribution in [-0.2, 0) is 11.4 Å². The van der Waals surface area contributed by atoms with E-state index in [-0.39, 0.29) is 17.7 Å². The normalized spacial score (nSPS) is 15.0. The van der Waals surface area contributed by atoms with Crippen molar-refractivity contribution < 1.29 is 19.1 Å². The van der Waals surface area contributed by atoms with E-state index in [1.807, 2.05) is 18.2 Å². The topological polar surface area (TPSA) is 101 Å². The molecule has 4 rings (SSSR count). The van der Waals surface area contributed by atoms with Gasteiger partial charge in [-0.05, 0) is 88.5 Å². The van der Waals surface area contributed by atoms with Crippen LogP contribution in [0.1, 0.15) is 27.0 Å². The number of benzene rings is 3. The molecule has 0 saturated carbocycles. The fourth-order valence-electron chi connectivity index (χ4n) is 3.25. The Kier molecular flexibility index (Phi) is 8.30. The average molecular weight is 630 g/mol. The predicted octanol–water partition coefficient (Wildman–Crippen LogP) is 5.80. The lowest BCUT2D eigenvalue weighted by atomic mass is 10.1. The fraction of sp³-hybridized carbons (Fsp3) is 0.0769. The lowest BCUT2D eigenvalue weighted by molar-refractivity contribution is -0.115. The van der Waals surface area contributed by atoms with Gasteiger partial charge in [-0.2, -0.15) is 10.3 Å². The Morgan fingerprint density at radius 2 is 1.97 bits per heavy atom. The Labute approximate surface area is 230 Å². The van der Waals surface area contributed by atoms with Crippen molar-refractivity contribution in [2.45, 2.75) is 6.61 Å². The highest BCUT2D eigenvalue weighted by Crippen LogP contribution is 2.36. The molecule has 1 fully saturated rings. The molecule has 1 saturated heterocycles. The minimum Gasteiger partial charge on any atom is -0.493 e. The highest BCUT2D eigenvalue weighted by atomic mass is 127. The van der Waals surface area contributed by atoms with Crippen LogP contribution in [0.2, 0.25) is 5.02 Å². The highest BCUT2D eigenvalue weighted by molar-refractivity contribution is 14.1. The Morgan fingerprint density at radius 1 is 1.22 bits per heavy atom. The molecular weight excluding hydrogens is 613 g/mol. The highest BCUT2D eigenvalue weighted by Gasteiger charge is 2.25. The van der Waals surface area contributed by atoms with Crippen molar-refractivity contribution >= 4 is 69.0 Å². The number of halogens is 2. The van der Waals surface area contributed by atoms with Gasteiger partial charge in [-0.3, -0.25) is 9.59 Å². The van der Waals surface area contributed by atoms with Crippen LogP contribution in [-0.4, -0.2) is 24.1 Å². The third-order valence-corrected chi connectivity index (χ3v) is 6.97. The molecule has 1 aliphatic heterocycles. The van der Waals surface area contributed by atoms with Gasteiger partial charge < -0.3 is 14.8 Å². The number of nitrogens with zero attached hydrogens (tertiary/aromatic N) is 2. The van der Waals surface area contributed by atoms with Crippen LogP contribution in [0.4, 0.5) is 0 Å². The summed E-state index contributed by atoms with van der Waals surface area (Å²) in [6, 6.07) is 19.3. The Balaban J connectivity index is 1.52. The van der Waals surface area contributed by atoms with Crippen molar-refractivity contribution in [3.8, 4) is 17.6 Å². The Morgan fingerprint density at radius 3 is 2.69 bits per heavy atom. The minimum atomic E-state index is -0.480. The summed E-state index contributed by atoms with van der Waals surface area (Å²) >= 11 is 9.06. The van der Waals surface area contributed by atoms with Crippen LogP contribution in [0.3, 0.4) is 0 Å². The zero-order valence-electron chi connectivity index (χ0n) is 18.7. The van der Waals surface area contributed by atoms with E-state index >= 15 is 0 Å². The number of thioether (sulfide) groups is 1. The molecule has 2 amide bonds. The number of amidine groups is 1. The van der Waals surface area contributed by atoms with Crippen LogP contribution in [0.25, 0.3) is 6.08 Å². The second-order valence-electron chi connectivity index (χ2n) is 7.39. The van der Waals surface area contributed by atoms with Crippen LogP contribution in [0, 0.1) is 14.9 Å². The number of hydrogen-bond donors (Lipinski definition) is 1. The van der Waals surface area contributed by atoms with Crippen molar-refractivity contribution in [2.75, 3.05) is 7.11 Å². The number of nitrogens with one attached hydrogen (secondary N) is 1. The molecule has 0 atom stereocenters. The SMILES string of the molecule is COc1cc(/C=C2\SC(=NC(=O)c3ccc(Cl)cc3)NC2=O)cc(I)c1OCc1ccccc1C#N. The molecule has 1 aliphatic rings. The van der Waals surface area contributed by atoms with E-state index < -0.39 is 5.91 Å². The first-order valence-electron chi connectivity index (χ1n) is 10.5. The number of hydrogen-bond acceptors (Lipinski definition) is 6. The van der Waals surface area contributed by atoms with Crippen LogP contribution >= 0.6 is 46.0 Å². The quantitative estimate of drug-likeness (QED) is 0.273. The summed E-state index contributed by atoms with van der Waals surface area (Å²) in [7, 11) is 1.53. The molecule has 36 heavy (non-hydrogen) atoms. The summed E-state index contributed by atoms with van der Waals surface area (Å²) in [5.41, 5.74) is 2.39. The van der Waals surface area contributed by atoms with E-state index in [9.17, 15) is 14.9 Å². The maximum atomic E-state index is 12.5. The van der Waals surface area contributed by atoms with Gasteiger partial charge in [0.25, 0.3) is 11.8 Å². The molecule has 0 aliphatic carbocycles. The van der Waals surface area contributed by atoms with Crippen LogP contribution in [0.15, 0.2) is 70.6 Å². The zero-order chi connectivity index (χ0) is 25.7. The molecule has 0 spiro atoms. The summed E-state index contributed by atoms with van der Waals surface area (Å²) in [6.45, 7) is 0.205. The molecule has 1 N–H and O–H groups in total. The van der Waals surface area contributed by atoms with E-state index in [4.69, 9.17) is 21.1 Å². The van der Waals surface area contributed by atoms with Gasteiger partial charge in [-0.15, -0.1) is 0 Å². The average Bonchev–Trinajstić information content (AvgIpc) is 3.21. The Bertz CT molecular complexity index is 1450. The van der Waals surface area contributed by atoms with Gasteiger partial charge >= 0.3 is 0 Å². The zero-order valence-corrected chi connectivity index (χ0v) is 22.5. The van der Waals surface area contributed by atoms with E-state index in [1.54, 1.807) is 48.5 Å². The summed E-state index contributed by atoms with van der Waals surface area (Å²) in [4.78, 5) is 29.3. The fourth-order valence-corrected chi connectivity index (χ4v) is 4.98. The van der Waals surface area contributed by atoms with E-state index in [2.05, 4.69) is 39.0 Å². The number of nitriles is 1. The van der Waals surface area contributed by atoms with Gasteiger partial charge in [0.2, 0.25) is 0 Å². The minimum absolute atomic E-state index is 0.198. The monoisotopic (exact) mass is 629 g/mol. The summed E-state index contributed by atoms with van der Waals surface area (Å²) in [6.07, 6.45) is 1.69. The first kappa shape index (κ1) is 25.8. The van der Waals surface area contributed by atoms with Crippen molar-refractivity contribution in [1.82, 2.24) is 5.32 Å². The van der Waals surface area contributed by atoms with Crippen molar-refractivity contribution in [2.24, 2.45) is 4.99 Å². The maximum Gasteiger partial charge on any atom is 0.279 e. The number of amides is 2. The molecule has 1 heterocycles. The van der Waals surface area contributed by atoms with Gasteiger partial charge in [-0.25, -0.2) is 0 Å². The number of rotatable bonds is 6. The molecule has 10 heteroatoms. The van der Waals surface area contributed by atoms with Gasteiger partial charge in [0.15, 0.2) is 16.7 Å². The third kappa shape index (κ3) is 6.07.